The van der Waals surface area contributed by atoms with Crippen molar-refractivity contribution in [2.24, 2.45) is 7.05 Å². The van der Waals surface area contributed by atoms with Crippen molar-refractivity contribution in [2.75, 3.05) is 18.1 Å². The summed E-state index contributed by atoms with van der Waals surface area (Å²) in [7, 11) is -1.58. The van der Waals surface area contributed by atoms with Gasteiger partial charge in [0.25, 0.3) is 5.91 Å². The molecule has 20 heavy (non-hydrogen) atoms. The number of amides is 1. The Labute approximate surface area is 115 Å². The second-order valence-electron chi connectivity index (χ2n) is 4.77. The Morgan fingerprint density at radius 2 is 2.25 bits per heavy atom. The fourth-order valence-electron chi connectivity index (χ4n) is 2.24. The van der Waals surface area contributed by atoms with Crippen molar-refractivity contribution in [1.82, 2.24) is 14.5 Å². The van der Waals surface area contributed by atoms with Crippen LogP contribution in [0.3, 0.4) is 0 Å². The number of carbonyl (C=O) groups excluding carboxylic acids is 1. The van der Waals surface area contributed by atoms with Crippen LogP contribution in [0.5, 0.6) is 0 Å². The second-order valence-corrected chi connectivity index (χ2v) is 7.00. The number of nitrogens with zero attached hydrogens (tertiary/aromatic N) is 3. The van der Waals surface area contributed by atoms with Gasteiger partial charge < -0.3 is 14.6 Å². The van der Waals surface area contributed by atoms with Crippen LogP contribution in [0.25, 0.3) is 0 Å². The third-order valence-electron chi connectivity index (χ3n) is 3.25. The van der Waals surface area contributed by atoms with Crippen molar-refractivity contribution in [3.05, 3.63) is 18.2 Å². The van der Waals surface area contributed by atoms with E-state index < -0.39 is 34.3 Å². The zero-order valence-corrected chi connectivity index (χ0v) is 11.7. The molecule has 0 saturated carbocycles. The number of aryl methyl sites for hydroxylation is 1. The Hall–Kier alpha value is -1.90. The zero-order chi connectivity index (χ0) is 14.9. The summed E-state index contributed by atoms with van der Waals surface area (Å²) in [6.07, 6.45) is 3.03. The maximum atomic E-state index is 12.4. The van der Waals surface area contributed by atoms with Crippen molar-refractivity contribution in [1.29, 1.82) is 0 Å². The molecule has 0 bridgehead atoms. The Kier molecular flexibility index (Phi) is 3.80. The molecule has 2 heterocycles. The molecule has 2 rings (SSSR count). The third kappa shape index (κ3) is 2.98. The van der Waals surface area contributed by atoms with Crippen molar-refractivity contribution >= 4 is 21.7 Å². The minimum atomic E-state index is -3.20. The fourth-order valence-corrected chi connectivity index (χ4v) is 3.97. The first-order chi connectivity index (χ1) is 9.30. The van der Waals surface area contributed by atoms with Gasteiger partial charge in [0.2, 0.25) is 0 Å². The summed E-state index contributed by atoms with van der Waals surface area (Å²) in [6.45, 7) is -0.524. The van der Waals surface area contributed by atoms with Gasteiger partial charge >= 0.3 is 5.97 Å². The monoisotopic (exact) mass is 301 g/mol. The van der Waals surface area contributed by atoms with Crippen molar-refractivity contribution in [3.63, 3.8) is 0 Å². The summed E-state index contributed by atoms with van der Waals surface area (Å²) in [4.78, 5) is 28.2. The van der Waals surface area contributed by atoms with Crippen LogP contribution in [0.4, 0.5) is 0 Å². The van der Waals surface area contributed by atoms with Gasteiger partial charge in [-0.25, -0.2) is 13.4 Å². The summed E-state index contributed by atoms with van der Waals surface area (Å²) < 4.78 is 24.5. The Morgan fingerprint density at radius 1 is 1.55 bits per heavy atom. The molecule has 9 heteroatoms. The molecule has 0 aliphatic carbocycles. The molecule has 1 aliphatic rings. The highest BCUT2D eigenvalue weighted by Crippen LogP contribution is 2.19. The first-order valence-electron chi connectivity index (χ1n) is 5.99. The van der Waals surface area contributed by atoms with Gasteiger partial charge in [-0.2, -0.15) is 0 Å². The van der Waals surface area contributed by atoms with Gasteiger partial charge in [0.05, 0.1) is 24.0 Å². The van der Waals surface area contributed by atoms with Crippen LogP contribution < -0.4 is 0 Å². The predicted octanol–water partition coefficient (Wildman–Crippen LogP) is -0.866. The SMILES string of the molecule is Cn1cncc1C(=O)N(CC(=O)O)C1CCS(=O)(=O)C1. The molecule has 110 valence electrons. The molecule has 0 aromatic carbocycles. The molecular weight excluding hydrogens is 286 g/mol. The highest BCUT2D eigenvalue weighted by atomic mass is 32.2. The maximum Gasteiger partial charge on any atom is 0.323 e. The lowest BCUT2D eigenvalue weighted by Crippen LogP contribution is -2.44. The number of imidazole rings is 1. The van der Waals surface area contributed by atoms with Crippen LogP contribution in [0.15, 0.2) is 12.5 Å². The Balaban J connectivity index is 2.27. The fraction of sp³-hybridized carbons (Fsp3) is 0.545. The Morgan fingerprint density at radius 3 is 2.70 bits per heavy atom. The molecular formula is C11H15N3O5S. The average Bonchev–Trinajstić information content (AvgIpc) is 2.91. The zero-order valence-electron chi connectivity index (χ0n) is 10.9. The summed E-state index contributed by atoms with van der Waals surface area (Å²) in [5.74, 6) is -1.91. The standard InChI is InChI=1S/C11H15N3O5S/c1-13-7-12-4-9(13)11(17)14(5-10(15)16)8-2-3-20(18,19)6-8/h4,7-8H,2-3,5-6H2,1H3,(H,15,16). The summed E-state index contributed by atoms with van der Waals surface area (Å²) in [5, 5.41) is 8.92. The lowest BCUT2D eigenvalue weighted by Gasteiger charge is -2.26. The topological polar surface area (TPSA) is 110 Å². The Bertz CT molecular complexity index is 636. The molecule has 1 atom stereocenters. The second kappa shape index (κ2) is 5.23. The average molecular weight is 301 g/mol. The van der Waals surface area contributed by atoms with E-state index in [4.69, 9.17) is 5.11 Å². The van der Waals surface area contributed by atoms with E-state index in [0.29, 0.717) is 0 Å². The van der Waals surface area contributed by atoms with Crippen molar-refractivity contribution in [3.8, 4) is 0 Å². The molecule has 0 radical (unpaired) electrons. The molecule has 1 fully saturated rings. The number of aromatic nitrogens is 2. The lowest BCUT2D eigenvalue weighted by molar-refractivity contribution is -0.138. The molecule has 1 N–H and O–H groups in total. The lowest BCUT2D eigenvalue weighted by atomic mass is 10.2. The van der Waals surface area contributed by atoms with Gasteiger partial charge in [0.15, 0.2) is 9.84 Å². The number of carboxylic acid groups (broad SMARTS) is 1. The van der Waals surface area contributed by atoms with E-state index >= 15 is 0 Å². The summed E-state index contributed by atoms with van der Waals surface area (Å²) in [5.41, 5.74) is 0.232. The molecule has 1 aromatic heterocycles. The molecule has 0 spiro atoms. The number of hydrogen-bond donors (Lipinski definition) is 1. The van der Waals surface area contributed by atoms with Crippen molar-refractivity contribution in [2.45, 2.75) is 12.5 Å². The molecule has 1 aliphatic heterocycles. The predicted molar refractivity (Wildman–Crippen MR) is 68.9 cm³/mol. The quantitative estimate of drug-likeness (QED) is 0.774. The third-order valence-corrected chi connectivity index (χ3v) is 5.00. The molecule has 1 unspecified atom stereocenters. The normalized spacial score (nSPS) is 20.8. The first kappa shape index (κ1) is 14.5. The molecule has 1 amide bonds. The van der Waals surface area contributed by atoms with Gasteiger partial charge in [0, 0.05) is 13.1 Å². The maximum absolute atomic E-state index is 12.4. The molecule has 8 nitrogen and oxygen atoms in total. The van der Waals surface area contributed by atoms with E-state index in [-0.39, 0.29) is 23.6 Å². The minimum absolute atomic E-state index is 0.0214. The van der Waals surface area contributed by atoms with Crippen LogP contribution in [0, 0.1) is 0 Å². The van der Waals surface area contributed by atoms with Gasteiger partial charge in [-0.15, -0.1) is 0 Å². The highest BCUT2D eigenvalue weighted by Gasteiger charge is 2.36. The number of sulfone groups is 1. The van der Waals surface area contributed by atoms with Crippen LogP contribution >= 0.6 is 0 Å². The number of carboxylic acids is 1. The van der Waals surface area contributed by atoms with Crippen LogP contribution in [-0.4, -0.2) is 63.9 Å². The van der Waals surface area contributed by atoms with Gasteiger partial charge in [0.1, 0.15) is 12.2 Å². The number of rotatable bonds is 4. The first-order valence-corrected chi connectivity index (χ1v) is 7.82. The highest BCUT2D eigenvalue weighted by molar-refractivity contribution is 7.91. The van der Waals surface area contributed by atoms with E-state index in [2.05, 4.69) is 4.98 Å². The number of aliphatic carboxylic acids is 1. The van der Waals surface area contributed by atoms with E-state index in [0.717, 1.165) is 4.90 Å². The van der Waals surface area contributed by atoms with Crippen LogP contribution in [0.2, 0.25) is 0 Å². The largest absolute Gasteiger partial charge is 0.480 e. The van der Waals surface area contributed by atoms with E-state index in [1.54, 1.807) is 7.05 Å². The van der Waals surface area contributed by atoms with Crippen LogP contribution in [-0.2, 0) is 21.7 Å². The van der Waals surface area contributed by atoms with Gasteiger partial charge in [-0.3, -0.25) is 9.59 Å². The van der Waals surface area contributed by atoms with E-state index in [9.17, 15) is 18.0 Å². The summed E-state index contributed by atoms with van der Waals surface area (Å²) in [6, 6.07) is -0.599. The minimum Gasteiger partial charge on any atom is -0.480 e. The molecule has 1 aromatic rings. The van der Waals surface area contributed by atoms with E-state index in [1.807, 2.05) is 0 Å². The van der Waals surface area contributed by atoms with Gasteiger partial charge in [-0.1, -0.05) is 0 Å². The van der Waals surface area contributed by atoms with Crippen LogP contribution in [0.1, 0.15) is 16.9 Å². The number of carbonyl (C=O) groups is 2. The number of hydrogen-bond acceptors (Lipinski definition) is 5. The summed E-state index contributed by atoms with van der Waals surface area (Å²) >= 11 is 0. The van der Waals surface area contributed by atoms with Gasteiger partial charge in [-0.05, 0) is 6.42 Å². The van der Waals surface area contributed by atoms with Crippen molar-refractivity contribution < 1.29 is 23.1 Å². The van der Waals surface area contributed by atoms with E-state index in [1.165, 1.54) is 17.1 Å². The smallest absolute Gasteiger partial charge is 0.323 e. The molecule has 1 saturated heterocycles.